The molecule has 1 heterocycles. The molecule has 0 radical (unpaired) electrons. The van der Waals surface area contributed by atoms with Crippen molar-refractivity contribution in [2.75, 3.05) is 5.32 Å². The molecule has 0 unspecified atom stereocenters. The number of anilines is 1. The van der Waals surface area contributed by atoms with E-state index in [0.29, 0.717) is 33.6 Å². The van der Waals surface area contributed by atoms with Crippen LogP contribution in [0.2, 0.25) is 10.0 Å². The summed E-state index contributed by atoms with van der Waals surface area (Å²) in [5.41, 5.74) is 2.01. The number of nitrogens with one attached hydrogen (secondary N) is 1. The maximum atomic E-state index is 9.21. The van der Waals surface area contributed by atoms with Crippen LogP contribution in [-0.4, -0.2) is 10.1 Å². The zero-order valence-corrected chi connectivity index (χ0v) is 11.7. The summed E-state index contributed by atoms with van der Waals surface area (Å²) in [7, 11) is 0. The fourth-order valence-electron chi connectivity index (χ4n) is 1.84. The van der Waals surface area contributed by atoms with Crippen LogP contribution in [0.25, 0.3) is 11.1 Å². The highest BCUT2D eigenvalue weighted by molar-refractivity contribution is 6.37. The predicted molar refractivity (Wildman–Crippen MR) is 79.5 cm³/mol. The van der Waals surface area contributed by atoms with Crippen molar-refractivity contribution >= 4 is 40.0 Å². The molecule has 0 saturated carbocycles. The molecular weight excluding hydrogens is 299 g/mol. The average Bonchev–Trinajstić information content (AvgIpc) is 2.81. The van der Waals surface area contributed by atoms with Crippen molar-refractivity contribution in [1.29, 1.82) is 0 Å². The van der Waals surface area contributed by atoms with Crippen molar-refractivity contribution in [2.24, 2.45) is 0 Å². The number of benzene rings is 2. The molecule has 1 aromatic heterocycles. The first-order valence-electron chi connectivity index (χ1n) is 5.89. The van der Waals surface area contributed by atoms with Crippen LogP contribution in [0.5, 0.6) is 5.75 Å². The van der Waals surface area contributed by atoms with Gasteiger partial charge < -0.3 is 14.8 Å². The Bertz CT molecular complexity index is 754. The van der Waals surface area contributed by atoms with Gasteiger partial charge in [0.2, 0.25) is 5.89 Å². The summed E-state index contributed by atoms with van der Waals surface area (Å²) in [4.78, 5) is 4.32. The van der Waals surface area contributed by atoms with Gasteiger partial charge in [-0.3, -0.25) is 0 Å². The second-order valence-corrected chi connectivity index (χ2v) is 5.09. The minimum atomic E-state index is 0.221. The number of aromatic nitrogens is 1. The molecule has 6 heteroatoms. The Balaban J connectivity index is 1.81. The molecule has 2 aromatic carbocycles. The lowest BCUT2D eigenvalue weighted by Crippen LogP contribution is -1.98. The van der Waals surface area contributed by atoms with E-state index in [1.807, 2.05) is 0 Å². The van der Waals surface area contributed by atoms with Crippen molar-refractivity contribution in [1.82, 2.24) is 4.98 Å². The van der Waals surface area contributed by atoms with E-state index < -0.39 is 0 Å². The number of halogens is 2. The predicted octanol–water partition coefficient (Wildman–Crippen LogP) is 4.45. The molecule has 0 aliphatic heterocycles. The van der Waals surface area contributed by atoms with Gasteiger partial charge in [-0.25, -0.2) is 4.98 Å². The topological polar surface area (TPSA) is 58.3 Å². The van der Waals surface area contributed by atoms with Gasteiger partial charge in [0, 0.05) is 10.7 Å². The van der Waals surface area contributed by atoms with Crippen molar-refractivity contribution in [3.05, 3.63) is 52.3 Å². The van der Waals surface area contributed by atoms with Gasteiger partial charge in [0.05, 0.1) is 11.6 Å². The number of fused-ring (bicyclic) bond motifs is 1. The first kappa shape index (κ1) is 13.1. The highest BCUT2D eigenvalue weighted by atomic mass is 35.5. The van der Waals surface area contributed by atoms with Crippen LogP contribution in [0.4, 0.5) is 5.69 Å². The molecule has 3 aromatic rings. The number of phenols is 1. The van der Waals surface area contributed by atoms with Gasteiger partial charge in [0.25, 0.3) is 0 Å². The van der Waals surface area contributed by atoms with Crippen molar-refractivity contribution in [3.8, 4) is 5.75 Å². The first-order valence-corrected chi connectivity index (χ1v) is 6.65. The quantitative estimate of drug-likeness (QED) is 0.702. The van der Waals surface area contributed by atoms with E-state index in [0.717, 1.165) is 5.69 Å². The minimum Gasteiger partial charge on any atom is -0.508 e. The zero-order chi connectivity index (χ0) is 14.1. The minimum absolute atomic E-state index is 0.221. The zero-order valence-electron chi connectivity index (χ0n) is 10.2. The lowest BCUT2D eigenvalue weighted by molar-refractivity contribution is 0.475. The third-order valence-electron chi connectivity index (χ3n) is 2.76. The maximum absolute atomic E-state index is 9.21. The van der Waals surface area contributed by atoms with Gasteiger partial charge in [-0.05, 0) is 36.4 Å². The molecule has 4 nitrogen and oxygen atoms in total. The van der Waals surface area contributed by atoms with Crippen LogP contribution in [0, 0.1) is 0 Å². The molecule has 0 amide bonds. The lowest BCUT2D eigenvalue weighted by atomic mass is 10.3. The number of phenolic OH excluding ortho intramolecular Hbond substituents is 1. The molecule has 102 valence electrons. The SMILES string of the molecule is Oc1ccc(NCc2nc3cc(Cl)cc(Cl)c3o2)cc1. The van der Waals surface area contributed by atoms with Crippen LogP contribution in [0.15, 0.2) is 40.8 Å². The van der Waals surface area contributed by atoms with Crippen LogP contribution in [0.3, 0.4) is 0 Å². The Hall–Kier alpha value is -1.91. The van der Waals surface area contributed by atoms with Gasteiger partial charge in [-0.15, -0.1) is 0 Å². The van der Waals surface area contributed by atoms with Crippen LogP contribution < -0.4 is 5.32 Å². The summed E-state index contributed by atoms with van der Waals surface area (Å²) in [6.07, 6.45) is 0. The fourth-order valence-corrected chi connectivity index (χ4v) is 2.36. The lowest BCUT2D eigenvalue weighted by Gasteiger charge is -2.02. The molecule has 0 saturated heterocycles. The number of hydrogen-bond donors (Lipinski definition) is 2. The van der Waals surface area contributed by atoms with E-state index in [4.69, 9.17) is 27.6 Å². The van der Waals surface area contributed by atoms with E-state index in [2.05, 4.69) is 10.3 Å². The molecule has 0 atom stereocenters. The smallest absolute Gasteiger partial charge is 0.214 e. The summed E-state index contributed by atoms with van der Waals surface area (Å²) in [5, 5.41) is 13.3. The third kappa shape index (κ3) is 2.66. The molecule has 2 N–H and O–H groups in total. The van der Waals surface area contributed by atoms with Crippen molar-refractivity contribution in [3.63, 3.8) is 0 Å². The number of hydrogen-bond acceptors (Lipinski definition) is 4. The summed E-state index contributed by atoms with van der Waals surface area (Å²) in [6, 6.07) is 10.1. The van der Waals surface area contributed by atoms with Crippen LogP contribution in [-0.2, 0) is 6.54 Å². The van der Waals surface area contributed by atoms with Gasteiger partial charge in [-0.2, -0.15) is 0 Å². The van der Waals surface area contributed by atoms with E-state index >= 15 is 0 Å². The third-order valence-corrected chi connectivity index (χ3v) is 3.26. The van der Waals surface area contributed by atoms with E-state index in [1.54, 1.807) is 36.4 Å². The van der Waals surface area contributed by atoms with Gasteiger partial charge in [0.15, 0.2) is 5.58 Å². The first-order chi connectivity index (χ1) is 9.61. The highest BCUT2D eigenvalue weighted by Crippen LogP contribution is 2.28. The van der Waals surface area contributed by atoms with Gasteiger partial charge in [-0.1, -0.05) is 23.2 Å². The average molecular weight is 309 g/mol. The Morgan fingerprint density at radius 3 is 2.65 bits per heavy atom. The standard InChI is InChI=1S/C14H10Cl2N2O2/c15-8-5-11(16)14-12(6-8)18-13(20-14)7-17-9-1-3-10(19)4-2-9/h1-6,17,19H,7H2. The summed E-state index contributed by atoms with van der Waals surface area (Å²) < 4.78 is 5.59. The largest absolute Gasteiger partial charge is 0.508 e. The molecular formula is C14H10Cl2N2O2. The number of aromatic hydroxyl groups is 1. The Morgan fingerprint density at radius 1 is 1.15 bits per heavy atom. The van der Waals surface area contributed by atoms with Crippen molar-refractivity contribution in [2.45, 2.75) is 6.54 Å². The summed E-state index contributed by atoms with van der Waals surface area (Å²) in [6.45, 7) is 0.410. The second kappa shape index (κ2) is 5.23. The highest BCUT2D eigenvalue weighted by Gasteiger charge is 2.10. The Labute approximate surface area is 124 Å². The number of rotatable bonds is 3. The maximum Gasteiger partial charge on any atom is 0.214 e. The van der Waals surface area contributed by atoms with Gasteiger partial charge in [0.1, 0.15) is 11.3 Å². The molecule has 0 bridgehead atoms. The number of oxazole rings is 1. The molecule has 0 aliphatic carbocycles. The van der Waals surface area contributed by atoms with E-state index in [1.165, 1.54) is 0 Å². The number of nitrogens with zero attached hydrogens (tertiary/aromatic N) is 1. The van der Waals surface area contributed by atoms with Crippen molar-refractivity contribution < 1.29 is 9.52 Å². The molecule has 0 spiro atoms. The summed E-state index contributed by atoms with van der Waals surface area (Å²) in [5.74, 6) is 0.732. The van der Waals surface area contributed by atoms with E-state index in [9.17, 15) is 5.11 Å². The van der Waals surface area contributed by atoms with Crippen LogP contribution >= 0.6 is 23.2 Å². The summed E-state index contributed by atoms with van der Waals surface area (Å²) >= 11 is 12.0. The van der Waals surface area contributed by atoms with Crippen LogP contribution in [0.1, 0.15) is 5.89 Å². The fraction of sp³-hybridized carbons (Fsp3) is 0.0714. The Morgan fingerprint density at radius 2 is 1.90 bits per heavy atom. The molecule has 20 heavy (non-hydrogen) atoms. The molecule has 0 fully saturated rings. The van der Waals surface area contributed by atoms with Gasteiger partial charge >= 0.3 is 0 Å². The monoisotopic (exact) mass is 308 g/mol. The Kier molecular flexibility index (Phi) is 3.42. The molecule has 3 rings (SSSR count). The second-order valence-electron chi connectivity index (χ2n) is 4.24. The normalized spacial score (nSPS) is 10.9. The molecule has 0 aliphatic rings. The van der Waals surface area contributed by atoms with E-state index in [-0.39, 0.29) is 5.75 Å².